The van der Waals surface area contributed by atoms with Crippen LogP contribution in [0.25, 0.3) is 5.82 Å². The van der Waals surface area contributed by atoms with Crippen molar-refractivity contribution in [3.63, 3.8) is 0 Å². The summed E-state index contributed by atoms with van der Waals surface area (Å²) in [7, 11) is 0. The third-order valence-electron chi connectivity index (χ3n) is 2.83. The quantitative estimate of drug-likeness (QED) is 0.764. The van der Waals surface area contributed by atoms with Gasteiger partial charge in [-0.15, -0.1) is 0 Å². The number of aromatic nitrogens is 5. The molecule has 3 aromatic heterocycles. The lowest BCUT2D eigenvalue weighted by Crippen LogP contribution is -2.12. The molecule has 7 nitrogen and oxygen atoms in total. The van der Waals surface area contributed by atoms with Crippen molar-refractivity contribution in [1.82, 2.24) is 25.0 Å². The summed E-state index contributed by atoms with van der Waals surface area (Å²) in [4.78, 5) is 15.6. The molecule has 0 unspecified atom stereocenters. The number of nitrogens with one attached hydrogen (secondary N) is 2. The smallest absolute Gasteiger partial charge is 0.285 e. The molecule has 21 heavy (non-hydrogen) atoms. The van der Waals surface area contributed by atoms with E-state index in [4.69, 9.17) is 11.6 Å². The molecule has 3 heterocycles. The number of H-pyrrole nitrogens is 1. The number of rotatable bonds is 4. The topological polar surface area (TPSA) is 88.5 Å². The van der Waals surface area contributed by atoms with Gasteiger partial charge in [0.2, 0.25) is 0 Å². The van der Waals surface area contributed by atoms with Crippen molar-refractivity contribution in [1.29, 1.82) is 0 Å². The van der Waals surface area contributed by atoms with Crippen LogP contribution >= 0.6 is 11.6 Å². The first kappa shape index (κ1) is 13.3. The van der Waals surface area contributed by atoms with E-state index in [9.17, 15) is 4.79 Å². The van der Waals surface area contributed by atoms with Gasteiger partial charge in [0.05, 0.1) is 11.9 Å². The van der Waals surface area contributed by atoms with Crippen LogP contribution in [0.5, 0.6) is 0 Å². The number of anilines is 1. The van der Waals surface area contributed by atoms with Gasteiger partial charge in [0.15, 0.2) is 5.82 Å². The molecule has 8 heteroatoms. The molecule has 0 fully saturated rings. The molecule has 2 N–H and O–H groups in total. The molecule has 0 aliphatic carbocycles. The Morgan fingerprint density at radius 2 is 2.29 bits per heavy atom. The molecule has 0 spiro atoms. The lowest BCUT2D eigenvalue weighted by atomic mass is 10.2. The van der Waals surface area contributed by atoms with Crippen LogP contribution in [-0.2, 0) is 6.54 Å². The van der Waals surface area contributed by atoms with Crippen molar-refractivity contribution in [2.24, 2.45) is 0 Å². The third-order valence-corrected chi connectivity index (χ3v) is 3.20. The summed E-state index contributed by atoms with van der Waals surface area (Å²) in [6, 6.07) is 5.59. The van der Waals surface area contributed by atoms with Gasteiger partial charge in [-0.3, -0.25) is 4.79 Å². The Balaban J connectivity index is 1.78. The van der Waals surface area contributed by atoms with E-state index in [0.717, 1.165) is 11.4 Å². The molecule has 0 aliphatic rings. The summed E-state index contributed by atoms with van der Waals surface area (Å²) in [5, 5.41) is 13.3. The van der Waals surface area contributed by atoms with E-state index in [1.165, 1.54) is 6.20 Å². The highest BCUT2D eigenvalue weighted by Crippen LogP contribution is 2.16. The molecule has 0 amide bonds. The Hall–Kier alpha value is -2.67. The van der Waals surface area contributed by atoms with Gasteiger partial charge in [-0.25, -0.2) is 14.8 Å². The highest BCUT2D eigenvalue weighted by molar-refractivity contribution is 6.32. The van der Waals surface area contributed by atoms with Crippen LogP contribution in [0, 0.1) is 0 Å². The molecule has 0 radical (unpaired) electrons. The zero-order valence-corrected chi connectivity index (χ0v) is 11.6. The second-order valence-electron chi connectivity index (χ2n) is 4.25. The fraction of sp³-hybridized carbons (Fsp3) is 0.0769. The fourth-order valence-corrected chi connectivity index (χ4v) is 1.96. The van der Waals surface area contributed by atoms with E-state index >= 15 is 0 Å². The number of hydrogen-bond donors (Lipinski definition) is 2. The summed E-state index contributed by atoms with van der Waals surface area (Å²) in [5.74, 6) is 0.717. The van der Waals surface area contributed by atoms with Crippen molar-refractivity contribution in [3.8, 4) is 5.82 Å². The first-order valence-electron chi connectivity index (χ1n) is 6.16. The molecule has 0 aromatic carbocycles. The van der Waals surface area contributed by atoms with Crippen molar-refractivity contribution in [2.45, 2.75) is 6.54 Å². The summed E-state index contributed by atoms with van der Waals surface area (Å²) >= 11 is 5.90. The third kappa shape index (κ3) is 2.92. The number of nitrogens with zero attached hydrogens (tertiary/aromatic N) is 4. The second kappa shape index (κ2) is 5.76. The average Bonchev–Trinajstić information content (AvgIpc) is 3.03. The molecule has 0 saturated carbocycles. The molecule has 3 aromatic rings. The van der Waals surface area contributed by atoms with Gasteiger partial charge in [-0.1, -0.05) is 11.6 Å². The van der Waals surface area contributed by atoms with Gasteiger partial charge < -0.3 is 5.32 Å². The molecule has 0 saturated heterocycles. The van der Waals surface area contributed by atoms with Gasteiger partial charge in [-0.2, -0.15) is 10.2 Å². The summed E-state index contributed by atoms with van der Waals surface area (Å²) in [5.41, 5.74) is 1.04. The minimum absolute atomic E-state index is 0.0892. The molecular formula is C13H11ClN6O. The van der Waals surface area contributed by atoms with Crippen molar-refractivity contribution < 1.29 is 0 Å². The Labute approximate surface area is 124 Å². The molecule has 3 rings (SSSR count). The molecular weight excluding hydrogens is 292 g/mol. The minimum atomic E-state index is -0.423. The van der Waals surface area contributed by atoms with E-state index in [0.29, 0.717) is 12.2 Å². The number of aromatic amines is 1. The van der Waals surface area contributed by atoms with Crippen LogP contribution in [-0.4, -0.2) is 25.0 Å². The van der Waals surface area contributed by atoms with Crippen molar-refractivity contribution in [2.75, 3.05) is 5.32 Å². The number of pyridine rings is 1. The Bertz CT molecular complexity index is 798. The van der Waals surface area contributed by atoms with Crippen LogP contribution in [0.2, 0.25) is 5.02 Å². The van der Waals surface area contributed by atoms with Crippen molar-refractivity contribution >= 4 is 17.3 Å². The van der Waals surface area contributed by atoms with Crippen LogP contribution in [0.4, 0.5) is 5.69 Å². The highest BCUT2D eigenvalue weighted by Gasteiger charge is 2.05. The van der Waals surface area contributed by atoms with E-state index in [1.807, 2.05) is 24.4 Å². The van der Waals surface area contributed by atoms with Crippen molar-refractivity contribution in [3.05, 3.63) is 63.9 Å². The largest absolute Gasteiger partial charge is 0.378 e. The molecule has 0 atom stereocenters. The second-order valence-corrected chi connectivity index (χ2v) is 4.63. The molecule has 106 valence electrons. The molecule has 0 bridgehead atoms. The van der Waals surface area contributed by atoms with Crippen LogP contribution < -0.4 is 10.9 Å². The summed E-state index contributed by atoms with van der Waals surface area (Å²) in [6.07, 6.45) is 6.68. The van der Waals surface area contributed by atoms with Crippen LogP contribution in [0.1, 0.15) is 5.56 Å². The Morgan fingerprint density at radius 1 is 1.38 bits per heavy atom. The summed E-state index contributed by atoms with van der Waals surface area (Å²) < 4.78 is 1.67. The van der Waals surface area contributed by atoms with E-state index in [2.05, 4.69) is 25.6 Å². The number of hydrogen-bond acceptors (Lipinski definition) is 5. The predicted octanol–water partition coefficient (Wildman–Crippen LogP) is 1.62. The SMILES string of the molecule is O=c1[nH]ncc(NCc2ccnc(-n3cccn3)c2)c1Cl. The number of halogens is 1. The van der Waals surface area contributed by atoms with Crippen LogP contribution in [0.3, 0.4) is 0 Å². The van der Waals surface area contributed by atoms with Gasteiger partial charge in [-0.05, 0) is 23.8 Å². The zero-order valence-electron chi connectivity index (χ0n) is 10.8. The maximum Gasteiger partial charge on any atom is 0.285 e. The molecule has 0 aliphatic heterocycles. The Morgan fingerprint density at radius 3 is 3.10 bits per heavy atom. The lowest BCUT2D eigenvalue weighted by molar-refractivity contribution is 0.843. The average molecular weight is 303 g/mol. The first-order valence-corrected chi connectivity index (χ1v) is 6.54. The minimum Gasteiger partial charge on any atom is -0.378 e. The van der Waals surface area contributed by atoms with E-state index < -0.39 is 5.56 Å². The highest BCUT2D eigenvalue weighted by atomic mass is 35.5. The van der Waals surface area contributed by atoms with E-state index in [1.54, 1.807) is 17.1 Å². The zero-order chi connectivity index (χ0) is 14.7. The van der Waals surface area contributed by atoms with E-state index in [-0.39, 0.29) is 5.02 Å². The predicted molar refractivity (Wildman–Crippen MR) is 78.6 cm³/mol. The fourth-order valence-electron chi connectivity index (χ4n) is 1.80. The van der Waals surface area contributed by atoms with Crippen LogP contribution in [0.15, 0.2) is 47.8 Å². The maximum absolute atomic E-state index is 11.3. The van der Waals surface area contributed by atoms with Gasteiger partial charge in [0.25, 0.3) is 5.56 Å². The lowest BCUT2D eigenvalue weighted by Gasteiger charge is -2.08. The normalized spacial score (nSPS) is 10.5. The van der Waals surface area contributed by atoms with Gasteiger partial charge in [0.1, 0.15) is 5.02 Å². The monoisotopic (exact) mass is 302 g/mol. The summed E-state index contributed by atoms with van der Waals surface area (Å²) in [6.45, 7) is 0.488. The first-order chi connectivity index (χ1) is 10.2. The standard InChI is InChI=1S/C13H11ClN6O/c14-12-10(8-17-19-13(12)21)16-7-9-2-4-15-11(6-9)20-5-1-3-18-20/h1-6,8H,7H2,(H2,16,19,21). The van der Waals surface area contributed by atoms with Gasteiger partial charge >= 0.3 is 0 Å². The van der Waals surface area contributed by atoms with Gasteiger partial charge in [0, 0.05) is 25.1 Å². The Kier molecular flexibility index (Phi) is 3.65. The maximum atomic E-state index is 11.3.